The quantitative estimate of drug-likeness (QED) is 0.510. The fraction of sp³-hybridized carbons (Fsp3) is 0.375. The van der Waals surface area contributed by atoms with Crippen LogP contribution in [0, 0.1) is 6.92 Å². The first-order valence-electron chi connectivity index (χ1n) is 10.4. The van der Waals surface area contributed by atoms with E-state index in [0.29, 0.717) is 11.3 Å². The van der Waals surface area contributed by atoms with Crippen molar-refractivity contribution in [1.29, 1.82) is 0 Å². The Morgan fingerprint density at radius 3 is 2.33 bits per heavy atom. The van der Waals surface area contributed by atoms with Gasteiger partial charge in [0.25, 0.3) is 5.91 Å². The molecular weight excluding hydrogens is 378 g/mol. The molecule has 2 aromatic rings. The minimum Gasteiger partial charge on any atom is -0.325 e. The maximum atomic E-state index is 12.9. The zero-order valence-corrected chi connectivity index (χ0v) is 17.8. The average Bonchev–Trinajstić information content (AvgIpc) is 2.94. The van der Waals surface area contributed by atoms with Crippen LogP contribution < -0.4 is 10.6 Å². The number of nitrogens with zero attached hydrogens (tertiary/aromatic N) is 1. The van der Waals surface area contributed by atoms with E-state index in [9.17, 15) is 14.4 Å². The summed E-state index contributed by atoms with van der Waals surface area (Å²) in [6, 6.07) is 14.5. The molecule has 4 amide bonds. The summed E-state index contributed by atoms with van der Waals surface area (Å²) in [6.45, 7) is 5.46. The van der Waals surface area contributed by atoms with Gasteiger partial charge >= 0.3 is 6.03 Å². The van der Waals surface area contributed by atoms with E-state index in [1.807, 2.05) is 55.5 Å². The van der Waals surface area contributed by atoms with E-state index in [2.05, 4.69) is 17.6 Å². The van der Waals surface area contributed by atoms with Gasteiger partial charge in [0.2, 0.25) is 5.91 Å². The maximum Gasteiger partial charge on any atom is 0.325 e. The SMILES string of the molecule is CCCCCc1ccc(NC(=O)CN2C(=O)NC(C)(c3ccc(C)cc3)C2=O)cc1. The predicted octanol–water partition coefficient (Wildman–Crippen LogP) is 4.13. The lowest BCUT2D eigenvalue weighted by Crippen LogP contribution is -2.42. The first kappa shape index (κ1) is 21.6. The zero-order valence-electron chi connectivity index (χ0n) is 17.8. The molecule has 0 aliphatic carbocycles. The van der Waals surface area contributed by atoms with Crippen molar-refractivity contribution in [2.45, 2.75) is 52.0 Å². The smallest absolute Gasteiger partial charge is 0.325 e. The molecule has 0 aromatic heterocycles. The number of hydrogen-bond donors (Lipinski definition) is 2. The predicted molar refractivity (Wildman–Crippen MR) is 117 cm³/mol. The Morgan fingerprint density at radius 1 is 1.03 bits per heavy atom. The number of unbranched alkanes of at least 4 members (excludes halogenated alkanes) is 2. The van der Waals surface area contributed by atoms with Crippen molar-refractivity contribution in [3.05, 3.63) is 65.2 Å². The van der Waals surface area contributed by atoms with Crippen LogP contribution in [0.5, 0.6) is 0 Å². The van der Waals surface area contributed by atoms with Crippen molar-refractivity contribution in [1.82, 2.24) is 10.2 Å². The number of benzene rings is 2. The molecule has 1 unspecified atom stereocenters. The van der Waals surface area contributed by atoms with Gasteiger partial charge in [-0.15, -0.1) is 0 Å². The first-order chi connectivity index (χ1) is 14.3. The molecule has 3 rings (SSSR count). The molecule has 0 spiro atoms. The summed E-state index contributed by atoms with van der Waals surface area (Å²) in [5.74, 6) is -0.844. The van der Waals surface area contributed by atoms with Crippen molar-refractivity contribution in [3.8, 4) is 0 Å². The minimum atomic E-state index is -1.18. The van der Waals surface area contributed by atoms with E-state index >= 15 is 0 Å². The van der Waals surface area contributed by atoms with E-state index < -0.39 is 23.4 Å². The third-order valence-electron chi connectivity index (χ3n) is 5.51. The van der Waals surface area contributed by atoms with Crippen LogP contribution >= 0.6 is 0 Å². The Hall–Kier alpha value is -3.15. The van der Waals surface area contributed by atoms with E-state index in [1.165, 1.54) is 18.4 Å². The van der Waals surface area contributed by atoms with Crippen LogP contribution in [0.3, 0.4) is 0 Å². The molecule has 6 heteroatoms. The molecule has 1 aliphatic rings. The summed E-state index contributed by atoms with van der Waals surface area (Å²) in [6.07, 6.45) is 4.54. The molecule has 0 radical (unpaired) electrons. The molecule has 0 bridgehead atoms. The van der Waals surface area contributed by atoms with Gasteiger partial charge in [-0.05, 0) is 49.9 Å². The van der Waals surface area contributed by atoms with E-state index in [0.717, 1.165) is 23.3 Å². The molecule has 158 valence electrons. The van der Waals surface area contributed by atoms with Crippen molar-refractivity contribution in [3.63, 3.8) is 0 Å². The Bertz CT molecular complexity index is 922. The monoisotopic (exact) mass is 407 g/mol. The van der Waals surface area contributed by atoms with Crippen molar-refractivity contribution < 1.29 is 14.4 Å². The molecule has 1 heterocycles. The Morgan fingerprint density at radius 2 is 1.70 bits per heavy atom. The van der Waals surface area contributed by atoms with Gasteiger partial charge in [-0.3, -0.25) is 14.5 Å². The standard InChI is InChI=1S/C24H29N3O3/c1-4-5-6-7-18-10-14-20(15-11-18)25-21(28)16-27-22(29)24(3,26-23(27)30)19-12-8-17(2)9-13-19/h8-15H,4-7,16H2,1-3H3,(H,25,28)(H,26,30). The van der Waals surface area contributed by atoms with Crippen LogP contribution in [0.4, 0.5) is 10.5 Å². The number of carbonyl (C=O) groups excluding carboxylic acids is 3. The molecule has 1 aliphatic heterocycles. The Kier molecular flexibility index (Phi) is 6.55. The Balaban J connectivity index is 1.61. The van der Waals surface area contributed by atoms with Gasteiger partial charge in [0.05, 0.1) is 0 Å². The number of amides is 4. The van der Waals surface area contributed by atoms with Crippen LogP contribution in [0.15, 0.2) is 48.5 Å². The third kappa shape index (κ3) is 4.70. The lowest BCUT2D eigenvalue weighted by molar-refractivity contribution is -0.133. The van der Waals surface area contributed by atoms with E-state index in [1.54, 1.807) is 6.92 Å². The normalized spacial score (nSPS) is 18.4. The topological polar surface area (TPSA) is 78.5 Å². The van der Waals surface area contributed by atoms with Crippen LogP contribution in [-0.2, 0) is 21.5 Å². The number of rotatable bonds is 8. The van der Waals surface area contributed by atoms with Gasteiger partial charge in [-0.2, -0.15) is 0 Å². The number of imide groups is 1. The highest BCUT2D eigenvalue weighted by atomic mass is 16.2. The van der Waals surface area contributed by atoms with Crippen molar-refractivity contribution in [2.24, 2.45) is 0 Å². The molecule has 0 saturated carbocycles. The number of nitrogens with one attached hydrogen (secondary N) is 2. The third-order valence-corrected chi connectivity index (χ3v) is 5.51. The molecule has 6 nitrogen and oxygen atoms in total. The van der Waals surface area contributed by atoms with Crippen molar-refractivity contribution in [2.75, 3.05) is 11.9 Å². The van der Waals surface area contributed by atoms with Crippen LogP contribution in [0.1, 0.15) is 49.8 Å². The fourth-order valence-corrected chi connectivity index (χ4v) is 3.60. The second-order valence-corrected chi connectivity index (χ2v) is 8.01. The Labute approximate surface area is 177 Å². The molecule has 1 saturated heterocycles. The van der Waals surface area contributed by atoms with E-state index in [-0.39, 0.29) is 6.54 Å². The van der Waals surface area contributed by atoms with Crippen molar-refractivity contribution >= 4 is 23.5 Å². The number of anilines is 1. The minimum absolute atomic E-state index is 0.329. The molecule has 1 fully saturated rings. The summed E-state index contributed by atoms with van der Waals surface area (Å²) in [4.78, 5) is 38.8. The number of hydrogen-bond acceptors (Lipinski definition) is 3. The highest BCUT2D eigenvalue weighted by Gasteiger charge is 2.49. The van der Waals surface area contributed by atoms with Gasteiger partial charge in [0.15, 0.2) is 0 Å². The molecule has 30 heavy (non-hydrogen) atoms. The summed E-state index contributed by atoms with van der Waals surface area (Å²) in [7, 11) is 0. The highest BCUT2D eigenvalue weighted by Crippen LogP contribution is 2.29. The molecule has 1 atom stereocenters. The summed E-state index contributed by atoms with van der Waals surface area (Å²) in [5, 5.41) is 5.49. The lowest BCUT2D eigenvalue weighted by Gasteiger charge is -2.22. The molecule has 2 N–H and O–H groups in total. The van der Waals surface area contributed by atoms with E-state index in [4.69, 9.17) is 0 Å². The highest BCUT2D eigenvalue weighted by molar-refractivity contribution is 6.10. The first-order valence-corrected chi connectivity index (χ1v) is 10.4. The number of aryl methyl sites for hydroxylation is 2. The fourth-order valence-electron chi connectivity index (χ4n) is 3.60. The second kappa shape index (κ2) is 9.11. The molecule has 2 aromatic carbocycles. The summed E-state index contributed by atoms with van der Waals surface area (Å²) < 4.78 is 0. The van der Waals surface area contributed by atoms with Gasteiger partial charge in [0.1, 0.15) is 12.1 Å². The van der Waals surface area contributed by atoms with Gasteiger partial charge in [0, 0.05) is 5.69 Å². The maximum absolute atomic E-state index is 12.9. The van der Waals surface area contributed by atoms with Gasteiger partial charge < -0.3 is 10.6 Å². The lowest BCUT2D eigenvalue weighted by atomic mass is 9.91. The number of carbonyl (C=O) groups is 3. The summed E-state index contributed by atoms with van der Waals surface area (Å²) >= 11 is 0. The van der Waals surface area contributed by atoms with Gasteiger partial charge in [-0.1, -0.05) is 61.7 Å². The zero-order chi connectivity index (χ0) is 21.7. The average molecular weight is 408 g/mol. The molecular formula is C24H29N3O3. The van der Waals surface area contributed by atoms with Crippen LogP contribution in [-0.4, -0.2) is 29.3 Å². The van der Waals surface area contributed by atoms with Crippen LogP contribution in [0.2, 0.25) is 0 Å². The second-order valence-electron chi connectivity index (χ2n) is 8.01. The number of urea groups is 1. The van der Waals surface area contributed by atoms with Crippen LogP contribution in [0.25, 0.3) is 0 Å². The largest absolute Gasteiger partial charge is 0.325 e. The summed E-state index contributed by atoms with van der Waals surface area (Å²) in [5.41, 5.74) is 2.45. The van der Waals surface area contributed by atoms with Gasteiger partial charge in [-0.25, -0.2) is 4.79 Å².